The van der Waals surface area contributed by atoms with E-state index in [1.54, 1.807) is 7.11 Å². The van der Waals surface area contributed by atoms with Crippen LogP contribution in [-0.2, 0) is 6.42 Å². The Balaban J connectivity index is 1.67. The SMILES string of the molecule is COc1ccc(NC(=S)NC2CCCc3ccccc32)cc1Cl. The summed E-state index contributed by atoms with van der Waals surface area (Å²) in [5.74, 6) is 0.650. The summed E-state index contributed by atoms with van der Waals surface area (Å²) in [7, 11) is 1.60. The van der Waals surface area contributed by atoms with Crippen LogP contribution in [0.15, 0.2) is 42.5 Å². The predicted octanol–water partition coefficient (Wildman–Crippen LogP) is 4.71. The molecule has 3 nitrogen and oxygen atoms in total. The molecular formula is C18H19ClN2OS. The molecule has 1 aliphatic carbocycles. The van der Waals surface area contributed by atoms with Gasteiger partial charge in [-0.25, -0.2) is 0 Å². The summed E-state index contributed by atoms with van der Waals surface area (Å²) in [4.78, 5) is 0. The fraction of sp³-hybridized carbons (Fsp3) is 0.278. The maximum Gasteiger partial charge on any atom is 0.171 e. The molecule has 1 unspecified atom stereocenters. The minimum absolute atomic E-state index is 0.258. The van der Waals surface area contributed by atoms with Gasteiger partial charge in [0.15, 0.2) is 5.11 Å². The van der Waals surface area contributed by atoms with Crippen molar-refractivity contribution in [1.82, 2.24) is 5.32 Å². The Morgan fingerprint density at radius 2 is 2.09 bits per heavy atom. The first kappa shape index (κ1) is 16.1. The molecule has 0 aromatic heterocycles. The summed E-state index contributed by atoms with van der Waals surface area (Å²) >= 11 is 11.6. The third-order valence-corrected chi connectivity index (χ3v) is 4.60. The van der Waals surface area contributed by atoms with E-state index in [-0.39, 0.29) is 6.04 Å². The highest BCUT2D eigenvalue weighted by atomic mass is 35.5. The van der Waals surface area contributed by atoms with Crippen molar-refractivity contribution < 1.29 is 4.74 Å². The number of methoxy groups -OCH3 is 1. The zero-order chi connectivity index (χ0) is 16.2. The molecule has 23 heavy (non-hydrogen) atoms. The summed E-state index contributed by atoms with van der Waals surface area (Å²) < 4.78 is 5.16. The third-order valence-electron chi connectivity index (χ3n) is 4.08. The zero-order valence-corrected chi connectivity index (χ0v) is 14.5. The van der Waals surface area contributed by atoms with E-state index in [0.717, 1.165) is 18.5 Å². The van der Waals surface area contributed by atoms with Crippen molar-refractivity contribution in [2.24, 2.45) is 0 Å². The third kappa shape index (κ3) is 3.77. The van der Waals surface area contributed by atoms with E-state index < -0.39 is 0 Å². The maximum absolute atomic E-state index is 6.14. The fourth-order valence-electron chi connectivity index (χ4n) is 2.97. The number of ether oxygens (including phenoxy) is 1. The number of nitrogens with one attached hydrogen (secondary N) is 2. The Morgan fingerprint density at radius 1 is 1.26 bits per heavy atom. The van der Waals surface area contributed by atoms with Crippen molar-refractivity contribution in [2.75, 3.05) is 12.4 Å². The highest BCUT2D eigenvalue weighted by Gasteiger charge is 2.20. The molecule has 3 rings (SSSR count). The number of thiocarbonyl (C=S) groups is 1. The van der Waals surface area contributed by atoms with E-state index in [0.29, 0.717) is 15.9 Å². The molecule has 1 atom stereocenters. The second-order valence-electron chi connectivity index (χ2n) is 5.59. The van der Waals surface area contributed by atoms with Gasteiger partial charge in [-0.05, 0) is 60.8 Å². The second kappa shape index (κ2) is 7.20. The number of benzene rings is 2. The van der Waals surface area contributed by atoms with Crippen LogP contribution in [0.2, 0.25) is 5.02 Å². The van der Waals surface area contributed by atoms with Gasteiger partial charge < -0.3 is 15.4 Å². The van der Waals surface area contributed by atoms with Crippen LogP contribution in [-0.4, -0.2) is 12.2 Å². The molecule has 0 saturated carbocycles. The van der Waals surface area contributed by atoms with Crippen LogP contribution in [0.4, 0.5) is 5.69 Å². The normalized spacial score (nSPS) is 16.3. The Hall–Kier alpha value is -1.78. The van der Waals surface area contributed by atoms with E-state index in [9.17, 15) is 0 Å². The molecule has 2 aromatic carbocycles. The van der Waals surface area contributed by atoms with E-state index in [2.05, 4.69) is 34.9 Å². The topological polar surface area (TPSA) is 33.3 Å². The van der Waals surface area contributed by atoms with Crippen molar-refractivity contribution in [3.05, 3.63) is 58.6 Å². The molecule has 120 valence electrons. The maximum atomic E-state index is 6.14. The largest absolute Gasteiger partial charge is 0.495 e. The first-order valence-electron chi connectivity index (χ1n) is 7.66. The predicted molar refractivity (Wildman–Crippen MR) is 99.5 cm³/mol. The van der Waals surface area contributed by atoms with Gasteiger partial charge >= 0.3 is 0 Å². The molecule has 5 heteroatoms. The van der Waals surface area contributed by atoms with Crippen molar-refractivity contribution in [1.29, 1.82) is 0 Å². The van der Waals surface area contributed by atoms with Gasteiger partial charge in [-0.3, -0.25) is 0 Å². The monoisotopic (exact) mass is 346 g/mol. The second-order valence-corrected chi connectivity index (χ2v) is 6.41. The van der Waals surface area contributed by atoms with Crippen LogP contribution in [0.5, 0.6) is 5.75 Å². The number of halogens is 1. The minimum Gasteiger partial charge on any atom is -0.495 e. The Bertz CT molecular complexity index is 720. The number of hydrogen-bond donors (Lipinski definition) is 2. The van der Waals surface area contributed by atoms with E-state index in [1.165, 1.54) is 17.5 Å². The van der Waals surface area contributed by atoms with E-state index in [4.69, 9.17) is 28.6 Å². The van der Waals surface area contributed by atoms with Crippen LogP contribution < -0.4 is 15.4 Å². The van der Waals surface area contributed by atoms with Crippen LogP contribution >= 0.6 is 23.8 Å². The highest BCUT2D eigenvalue weighted by Crippen LogP contribution is 2.30. The molecule has 0 bridgehead atoms. The van der Waals surface area contributed by atoms with E-state index >= 15 is 0 Å². The molecule has 0 fully saturated rings. The van der Waals surface area contributed by atoms with Crippen LogP contribution in [0, 0.1) is 0 Å². The molecule has 0 heterocycles. The van der Waals surface area contributed by atoms with Crippen LogP contribution in [0.1, 0.15) is 30.0 Å². The molecule has 0 radical (unpaired) electrons. The van der Waals surface area contributed by atoms with Gasteiger partial charge in [-0.15, -0.1) is 0 Å². The first-order valence-corrected chi connectivity index (χ1v) is 8.45. The lowest BCUT2D eigenvalue weighted by atomic mass is 9.88. The average molecular weight is 347 g/mol. The summed E-state index contributed by atoms with van der Waals surface area (Å²) in [5, 5.41) is 7.77. The van der Waals surface area contributed by atoms with Gasteiger partial charge in [0.1, 0.15) is 5.75 Å². The van der Waals surface area contributed by atoms with Gasteiger partial charge in [-0.2, -0.15) is 0 Å². The van der Waals surface area contributed by atoms with Crippen molar-refractivity contribution >= 4 is 34.6 Å². The summed E-state index contributed by atoms with van der Waals surface area (Å²) in [6.45, 7) is 0. The molecule has 0 amide bonds. The van der Waals surface area contributed by atoms with Gasteiger partial charge in [0, 0.05) is 5.69 Å². The molecule has 1 aliphatic rings. The fourth-order valence-corrected chi connectivity index (χ4v) is 3.49. The van der Waals surface area contributed by atoms with Crippen molar-refractivity contribution in [2.45, 2.75) is 25.3 Å². The van der Waals surface area contributed by atoms with Crippen LogP contribution in [0.3, 0.4) is 0 Å². The Morgan fingerprint density at radius 3 is 2.87 bits per heavy atom. The van der Waals surface area contributed by atoms with Crippen LogP contribution in [0.25, 0.3) is 0 Å². The number of rotatable bonds is 3. The Kier molecular flexibility index (Phi) is 5.03. The summed E-state index contributed by atoms with van der Waals surface area (Å²) in [6.07, 6.45) is 3.40. The number of aryl methyl sites for hydroxylation is 1. The molecular weight excluding hydrogens is 328 g/mol. The molecule has 0 spiro atoms. The highest BCUT2D eigenvalue weighted by molar-refractivity contribution is 7.80. The average Bonchev–Trinajstić information content (AvgIpc) is 2.55. The summed E-state index contributed by atoms with van der Waals surface area (Å²) in [6, 6.07) is 14.3. The quantitative estimate of drug-likeness (QED) is 0.788. The molecule has 0 saturated heterocycles. The molecule has 2 aromatic rings. The van der Waals surface area contributed by atoms with Gasteiger partial charge in [0.25, 0.3) is 0 Å². The summed E-state index contributed by atoms with van der Waals surface area (Å²) in [5.41, 5.74) is 3.60. The lowest BCUT2D eigenvalue weighted by Crippen LogP contribution is -2.34. The van der Waals surface area contributed by atoms with Gasteiger partial charge in [0.2, 0.25) is 0 Å². The lowest BCUT2D eigenvalue weighted by molar-refractivity contribution is 0.415. The molecule has 2 N–H and O–H groups in total. The molecule has 0 aliphatic heterocycles. The minimum atomic E-state index is 0.258. The van der Waals surface area contributed by atoms with Crippen molar-refractivity contribution in [3.8, 4) is 5.75 Å². The lowest BCUT2D eigenvalue weighted by Gasteiger charge is -2.27. The zero-order valence-electron chi connectivity index (χ0n) is 12.9. The number of hydrogen-bond acceptors (Lipinski definition) is 2. The number of anilines is 1. The van der Waals surface area contributed by atoms with E-state index in [1.807, 2.05) is 18.2 Å². The van der Waals surface area contributed by atoms with Gasteiger partial charge in [-0.1, -0.05) is 35.9 Å². The number of fused-ring (bicyclic) bond motifs is 1. The first-order chi connectivity index (χ1) is 11.2. The van der Waals surface area contributed by atoms with Crippen molar-refractivity contribution in [3.63, 3.8) is 0 Å². The standard InChI is InChI=1S/C18H19ClN2OS/c1-22-17-10-9-13(11-15(17)19)20-18(23)21-16-8-4-6-12-5-2-3-7-14(12)16/h2-3,5,7,9-11,16H,4,6,8H2,1H3,(H2,20,21,23). The van der Waals surface area contributed by atoms with Gasteiger partial charge in [0.05, 0.1) is 18.2 Å². The smallest absolute Gasteiger partial charge is 0.171 e. The Labute approximate surface area is 147 Å².